The van der Waals surface area contributed by atoms with Gasteiger partial charge in [0.15, 0.2) is 0 Å². The molecule has 10 nitrogen and oxygen atoms in total. The Morgan fingerprint density at radius 1 is 1.06 bits per heavy atom. The van der Waals surface area contributed by atoms with E-state index in [1.165, 1.54) is 16.3 Å². The molecule has 4 aromatic rings. The number of amides is 1. The SMILES string of the molecule is [C-]#[N+]C[C@H]1CN(c2nc(OCCCN(C)C)nc3c2COC(c2cccc4cccc(C)c24)C3)CCN1C(=O)OCc1ccccc1. The number of anilines is 1. The number of fused-ring (bicyclic) bond motifs is 2. The van der Waals surface area contributed by atoms with Crippen molar-refractivity contribution < 1.29 is 19.0 Å². The fourth-order valence-electron chi connectivity index (χ4n) is 6.48. The van der Waals surface area contributed by atoms with E-state index < -0.39 is 6.09 Å². The summed E-state index contributed by atoms with van der Waals surface area (Å²) < 4.78 is 18.4. The van der Waals surface area contributed by atoms with Crippen LogP contribution in [0.5, 0.6) is 6.01 Å². The molecule has 0 aliphatic carbocycles. The van der Waals surface area contributed by atoms with Gasteiger partial charge in [0.05, 0.1) is 25.0 Å². The number of aromatic nitrogens is 2. The molecule has 6 rings (SSSR count). The monoisotopic (exact) mass is 634 g/mol. The summed E-state index contributed by atoms with van der Waals surface area (Å²) in [4.78, 5) is 32.6. The van der Waals surface area contributed by atoms with E-state index in [1.807, 2.05) is 44.4 Å². The van der Waals surface area contributed by atoms with Crippen molar-refractivity contribution in [3.63, 3.8) is 0 Å². The Bertz CT molecular complexity index is 1740. The number of ether oxygens (including phenoxy) is 3. The lowest BCUT2D eigenvalue weighted by molar-refractivity contribution is 0.0264. The Morgan fingerprint density at radius 2 is 1.87 bits per heavy atom. The summed E-state index contributed by atoms with van der Waals surface area (Å²) in [5.74, 6) is 0.748. The Kier molecular flexibility index (Phi) is 10.1. The first kappa shape index (κ1) is 32.2. The first-order valence-electron chi connectivity index (χ1n) is 16.2. The Hall–Kier alpha value is -4.72. The number of nitrogens with zero attached hydrogens (tertiary/aromatic N) is 6. The maximum Gasteiger partial charge on any atom is 0.410 e. The molecule has 0 saturated carbocycles. The third-order valence-electron chi connectivity index (χ3n) is 8.85. The van der Waals surface area contributed by atoms with E-state index in [0.717, 1.165) is 41.2 Å². The van der Waals surface area contributed by atoms with Gasteiger partial charge in [0, 0.05) is 38.2 Å². The molecule has 2 aliphatic heterocycles. The first-order valence-corrected chi connectivity index (χ1v) is 16.2. The molecule has 0 radical (unpaired) electrons. The molecule has 1 fully saturated rings. The van der Waals surface area contributed by atoms with E-state index in [4.69, 9.17) is 30.8 Å². The predicted octanol–water partition coefficient (Wildman–Crippen LogP) is 5.83. The van der Waals surface area contributed by atoms with E-state index in [-0.39, 0.29) is 25.3 Å². The van der Waals surface area contributed by atoms with Gasteiger partial charge in [0.25, 0.3) is 0 Å². The van der Waals surface area contributed by atoms with Crippen molar-refractivity contribution in [1.82, 2.24) is 19.8 Å². The molecule has 0 spiro atoms. The van der Waals surface area contributed by atoms with E-state index in [9.17, 15) is 4.79 Å². The fraction of sp³-hybridized carbons (Fsp3) is 0.405. The number of hydrogen-bond donors (Lipinski definition) is 0. The third kappa shape index (κ3) is 7.48. The van der Waals surface area contributed by atoms with E-state index in [1.54, 1.807) is 4.90 Å². The van der Waals surface area contributed by atoms with Crippen LogP contribution in [0, 0.1) is 13.5 Å². The van der Waals surface area contributed by atoms with Crippen LogP contribution in [0.25, 0.3) is 15.6 Å². The minimum atomic E-state index is -0.409. The highest BCUT2D eigenvalue weighted by molar-refractivity contribution is 5.89. The minimum absolute atomic E-state index is 0.164. The van der Waals surface area contributed by atoms with Crippen molar-refractivity contribution in [1.29, 1.82) is 0 Å². The van der Waals surface area contributed by atoms with Crippen LogP contribution in [0.4, 0.5) is 10.6 Å². The standard InChI is InChI=1S/C37H42N6O4/c1-26-11-8-14-28-15-9-16-30(34(26)28)33-21-32-31(25-46-33)35(40-36(39-32)45-20-10-17-41(3)4)42-18-19-43(29(23-42)22-38-2)37(44)47-24-27-12-6-5-7-13-27/h5-9,11-16,29,33H,10,17-25H2,1,3-4H3/t29-,33?/m0/s1. The zero-order valence-electron chi connectivity index (χ0n) is 27.4. The van der Waals surface area contributed by atoms with Crippen molar-refractivity contribution in [2.24, 2.45) is 0 Å². The highest BCUT2D eigenvalue weighted by Crippen LogP contribution is 2.38. The predicted molar refractivity (Wildman–Crippen MR) is 181 cm³/mol. The molecule has 244 valence electrons. The maximum atomic E-state index is 13.2. The number of carbonyl (C=O) groups is 1. The summed E-state index contributed by atoms with van der Waals surface area (Å²) in [6.07, 6.45) is 0.862. The molecule has 2 aliphatic rings. The number of benzene rings is 3. The summed E-state index contributed by atoms with van der Waals surface area (Å²) in [5.41, 5.74) is 5.13. The second-order valence-corrected chi connectivity index (χ2v) is 12.5. The average Bonchev–Trinajstić information content (AvgIpc) is 3.09. The molecule has 3 aromatic carbocycles. The summed E-state index contributed by atoms with van der Waals surface area (Å²) in [6, 6.07) is 22.3. The van der Waals surface area contributed by atoms with Crippen molar-refractivity contribution in [2.45, 2.75) is 45.1 Å². The van der Waals surface area contributed by atoms with Crippen molar-refractivity contribution in [3.8, 4) is 6.01 Å². The van der Waals surface area contributed by atoms with Gasteiger partial charge >= 0.3 is 12.1 Å². The van der Waals surface area contributed by atoms with Crippen LogP contribution in [-0.4, -0.2) is 85.3 Å². The zero-order valence-corrected chi connectivity index (χ0v) is 27.4. The van der Waals surface area contributed by atoms with Crippen LogP contribution in [0.1, 0.15) is 40.5 Å². The third-order valence-corrected chi connectivity index (χ3v) is 8.85. The molecule has 1 saturated heterocycles. The van der Waals surface area contributed by atoms with E-state index in [0.29, 0.717) is 45.3 Å². The average molecular weight is 635 g/mol. The fourth-order valence-corrected chi connectivity index (χ4v) is 6.48. The van der Waals surface area contributed by atoms with Gasteiger partial charge in [0.2, 0.25) is 6.54 Å². The Morgan fingerprint density at radius 3 is 2.66 bits per heavy atom. The second-order valence-electron chi connectivity index (χ2n) is 12.5. The number of piperazine rings is 1. The second kappa shape index (κ2) is 14.8. The lowest BCUT2D eigenvalue weighted by Crippen LogP contribution is -2.57. The molecular weight excluding hydrogens is 592 g/mol. The van der Waals surface area contributed by atoms with Gasteiger partial charge in [-0.15, -0.1) is 0 Å². The van der Waals surface area contributed by atoms with Gasteiger partial charge < -0.3 is 28.9 Å². The highest BCUT2D eigenvalue weighted by atomic mass is 16.6. The molecular formula is C37H42N6O4. The van der Waals surface area contributed by atoms with Crippen molar-refractivity contribution >= 4 is 22.7 Å². The quantitative estimate of drug-likeness (QED) is 0.159. The zero-order chi connectivity index (χ0) is 32.8. The number of aryl methyl sites for hydroxylation is 1. The molecule has 2 atom stereocenters. The Balaban J connectivity index is 1.26. The van der Waals surface area contributed by atoms with Crippen LogP contribution < -0.4 is 9.64 Å². The van der Waals surface area contributed by atoms with Gasteiger partial charge in [0.1, 0.15) is 18.5 Å². The molecule has 3 heterocycles. The van der Waals surface area contributed by atoms with Gasteiger partial charge in [-0.1, -0.05) is 66.7 Å². The van der Waals surface area contributed by atoms with Gasteiger partial charge in [-0.25, -0.2) is 11.4 Å². The molecule has 10 heteroatoms. The minimum Gasteiger partial charge on any atom is -0.463 e. The van der Waals surface area contributed by atoms with E-state index >= 15 is 0 Å². The first-order chi connectivity index (χ1) is 22.9. The number of carbonyl (C=O) groups excluding carboxylic acids is 1. The number of rotatable bonds is 10. The molecule has 1 aromatic heterocycles. The summed E-state index contributed by atoms with van der Waals surface area (Å²) in [7, 11) is 4.08. The molecule has 47 heavy (non-hydrogen) atoms. The van der Waals surface area contributed by atoms with Crippen molar-refractivity contribution in [3.05, 3.63) is 106 Å². The summed E-state index contributed by atoms with van der Waals surface area (Å²) >= 11 is 0. The molecule has 1 unspecified atom stereocenters. The molecule has 0 bridgehead atoms. The normalized spacial score (nSPS) is 17.8. The summed E-state index contributed by atoms with van der Waals surface area (Å²) in [6.45, 7) is 13.2. The van der Waals surface area contributed by atoms with Gasteiger partial charge in [-0.2, -0.15) is 9.97 Å². The lowest BCUT2D eigenvalue weighted by Gasteiger charge is -2.40. The van der Waals surface area contributed by atoms with Crippen LogP contribution in [0.15, 0.2) is 66.7 Å². The van der Waals surface area contributed by atoms with Gasteiger partial charge in [-0.3, -0.25) is 4.90 Å². The van der Waals surface area contributed by atoms with Crippen LogP contribution in [0.3, 0.4) is 0 Å². The highest BCUT2D eigenvalue weighted by Gasteiger charge is 2.37. The van der Waals surface area contributed by atoms with Crippen LogP contribution in [0.2, 0.25) is 0 Å². The molecule has 1 amide bonds. The van der Waals surface area contributed by atoms with Crippen molar-refractivity contribution in [2.75, 3.05) is 58.3 Å². The maximum absolute atomic E-state index is 13.2. The van der Waals surface area contributed by atoms with E-state index in [2.05, 4.69) is 58.0 Å². The lowest BCUT2D eigenvalue weighted by atomic mass is 9.92. The Labute approximate surface area is 276 Å². The van der Waals surface area contributed by atoms with Crippen LogP contribution >= 0.6 is 0 Å². The topological polar surface area (TPSA) is 84.6 Å². The largest absolute Gasteiger partial charge is 0.463 e. The summed E-state index contributed by atoms with van der Waals surface area (Å²) in [5, 5.41) is 2.41. The van der Waals surface area contributed by atoms with Crippen LogP contribution in [-0.2, 0) is 29.1 Å². The molecule has 0 N–H and O–H groups in total. The smallest absolute Gasteiger partial charge is 0.410 e. The number of hydrogen-bond acceptors (Lipinski definition) is 8. The van der Waals surface area contributed by atoms with Gasteiger partial charge in [-0.05, 0) is 54.9 Å².